The Balaban J connectivity index is 1.95. The SMILES string of the molecule is [2H]C1(OC(=O)[C@@H](N)C(C)C)CC2c3cc(OC)c(OC)cc3CCN2CC1CC(C)C. The maximum atomic E-state index is 12.8. The van der Waals surface area contributed by atoms with Gasteiger partial charge in [0.25, 0.3) is 0 Å². The summed E-state index contributed by atoms with van der Waals surface area (Å²) in [5.41, 5.74) is 8.40. The van der Waals surface area contributed by atoms with Crippen LogP contribution < -0.4 is 15.2 Å². The molecule has 30 heavy (non-hydrogen) atoms. The molecule has 2 aliphatic heterocycles. The number of methoxy groups -OCH3 is 2. The van der Waals surface area contributed by atoms with E-state index in [4.69, 9.17) is 19.9 Å². The molecule has 1 aromatic rings. The summed E-state index contributed by atoms with van der Waals surface area (Å²) >= 11 is 0. The van der Waals surface area contributed by atoms with E-state index in [1.807, 2.05) is 26.0 Å². The van der Waals surface area contributed by atoms with Crippen molar-refractivity contribution in [3.05, 3.63) is 23.3 Å². The second-order valence-corrected chi connectivity index (χ2v) is 9.35. The van der Waals surface area contributed by atoms with Crippen molar-refractivity contribution >= 4 is 5.97 Å². The van der Waals surface area contributed by atoms with Gasteiger partial charge in [0.2, 0.25) is 0 Å². The van der Waals surface area contributed by atoms with Crippen LogP contribution in [0.4, 0.5) is 0 Å². The maximum absolute atomic E-state index is 12.8. The lowest BCUT2D eigenvalue weighted by Crippen LogP contribution is -2.51. The number of piperidine rings is 1. The Kier molecular flexibility index (Phi) is 6.84. The molecule has 0 bridgehead atoms. The number of carbonyl (C=O) groups is 1. The summed E-state index contributed by atoms with van der Waals surface area (Å²) in [6.07, 6.45) is 0.861. The van der Waals surface area contributed by atoms with Crippen molar-refractivity contribution in [2.45, 2.75) is 65.1 Å². The van der Waals surface area contributed by atoms with Crippen molar-refractivity contribution in [1.29, 1.82) is 0 Å². The van der Waals surface area contributed by atoms with E-state index in [0.717, 1.165) is 37.2 Å². The summed E-state index contributed by atoms with van der Waals surface area (Å²) in [7, 11) is 3.27. The molecule has 1 saturated heterocycles. The third-order valence-corrected chi connectivity index (χ3v) is 6.40. The molecule has 168 valence electrons. The van der Waals surface area contributed by atoms with E-state index < -0.39 is 18.1 Å². The van der Waals surface area contributed by atoms with Gasteiger partial charge in [-0.1, -0.05) is 27.7 Å². The molecule has 1 fully saturated rings. The van der Waals surface area contributed by atoms with Crippen LogP contribution in [-0.4, -0.2) is 50.3 Å². The van der Waals surface area contributed by atoms with Crippen LogP contribution >= 0.6 is 0 Å². The van der Waals surface area contributed by atoms with Crippen molar-refractivity contribution in [1.82, 2.24) is 4.90 Å². The van der Waals surface area contributed by atoms with Crippen LogP contribution in [0.15, 0.2) is 12.1 Å². The third-order valence-electron chi connectivity index (χ3n) is 6.40. The fraction of sp³-hybridized carbons (Fsp3) is 0.708. The smallest absolute Gasteiger partial charge is 0.323 e. The molecule has 0 radical (unpaired) electrons. The Hall–Kier alpha value is -1.79. The highest BCUT2D eigenvalue weighted by molar-refractivity contribution is 5.76. The Labute approximate surface area is 182 Å². The molecule has 4 atom stereocenters. The van der Waals surface area contributed by atoms with Crippen molar-refractivity contribution in [3.8, 4) is 11.5 Å². The average Bonchev–Trinajstić information content (AvgIpc) is 2.72. The molecule has 0 aromatic heterocycles. The van der Waals surface area contributed by atoms with E-state index in [-0.39, 0.29) is 17.9 Å². The zero-order valence-electron chi connectivity index (χ0n) is 20.2. The van der Waals surface area contributed by atoms with Gasteiger partial charge in [0.15, 0.2) is 11.5 Å². The van der Waals surface area contributed by atoms with Crippen LogP contribution in [0.25, 0.3) is 0 Å². The number of nitrogens with two attached hydrogens (primary N) is 1. The quantitative estimate of drug-likeness (QED) is 0.681. The first-order chi connectivity index (χ1) is 14.6. The Morgan fingerprint density at radius 2 is 1.90 bits per heavy atom. The predicted molar refractivity (Wildman–Crippen MR) is 118 cm³/mol. The van der Waals surface area contributed by atoms with Crippen LogP contribution in [0.2, 0.25) is 0 Å². The van der Waals surface area contributed by atoms with Crippen LogP contribution in [0.1, 0.15) is 59.1 Å². The first-order valence-electron chi connectivity index (χ1n) is 11.6. The van der Waals surface area contributed by atoms with Gasteiger partial charge < -0.3 is 19.9 Å². The first-order valence-corrected chi connectivity index (χ1v) is 11.1. The standard InChI is InChI=1S/C24H38N2O4/c1-14(2)9-17-13-26-8-7-16-10-21(28-5)22(29-6)11-18(16)19(26)12-20(17)30-24(27)23(25)15(3)4/h10-11,14-15,17,19-20,23H,7-9,12-13,25H2,1-6H3/t17?,19?,20?,23-/m0/s1/i20D. The van der Waals surface area contributed by atoms with E-state index in [2.05, 4.69) is 18.7 Å². The van der Waals surface area contributed by atoms with Crippen molar-refractivity contribution in [2.24, 2.45) is 23.5 Å². The molecule has 0 aliphatic carbocycles. The zero-order valence-corrected chi connectivity index (χ0v) is 19.2. The molecule has 0 amide bonds. The second kappa shape index (κ2) is 9.56. The monoisotopic (exact) mass is 419 g/mol. The van der Waals surface area contributed by atoms with E-state index in [1.165, 1.54) is 5.56 Å². The van der Waals surface area contributed by atoms with Gasteiger partial charge in [0.1, 0.15) is 12.1 Å². The fourth-order valence-electron chi connectivity index (χ4n) is 4.65. The zero-order chi connectivity index (χ0) is 22.9. The largest absolute Gasteiger partial charge is 0.493 e. The first kappa shape index (κ1) is 21.4. The lowest BCUT2D eigenvalue weighted by molar-refractivity contribution is -0.160. The molecule has 3 unspecified atom stereocenters. The highest BCUT2D eigenvalue weighted by Crippen LogP contribution is 2.44. The lowest BCUT2D eigenvalue weighted by atomic mass is 9.79. The van der Waals surface area contributed by atoms with Gasteiger partial charge in [-0.05, 0) is 47.9 Å². The highest BCUT2D eigenvalue weighted by atomic mass is 16.5. The minimum atomic E-state index is -1.31. The summed E-state index contributed by atoms with van der Waals surface area (Å²) in [6.45, 7) is 9.73. The lowest BCUT2D eigenvalue weighted by Gasteiger charge is -2.47. The molecule has 2 aliphatic rings. The van der Waals surface area contributed by atoms with Gasteiger partial charge in [-0.3, -0.25) is 9.69 Å². The Bertz CT molecular complexity index is 800. The van der Waals surface area contributed by atoms with Gasteiger partial charge in [0, 0.05) is 31.5 Å². The number of hydrogen-bond donors (Lipinski definition) is 1. The molecule has 2 N–H and O–H groups in total. The van der Waals surface area contributed by atoms with Crippen LogP contribution in [0, 0.1) is 17.8 Å². The number of esters is 1. The van der Waals surface area contributed by atoms with Crippen molar-refractivity contribution < 1.29 is 20.4 Å². The summed E-state index contributed by atoms with van der Waals surface area (Å²) < 4.78 is 26.2. The Morgan fingerprint density at radius 3 is 2.50 bits per heavy atom. The van der Waals surface area contributed by atoms with Gasteiger partial charge in [-0.25, -0.2) is 0 Å². The molecule has 6 nitrogen and oxygen atoms in total. The normalized spacial score (nSPS) is 27.8. The van der Waals surface area contributed by atoms with E-state index in [0.29, 0.717) is 18.1 Å². The fourth-order valence-corrected chi connectivity index (χ4v) is 4.65. The molecule has 3 rings (SSSR count). The van der Waals surface area contributed by atoms with Gasteiger partial charge in [0.05, 0.1) is 15.6 Å². The van der Waals surface area contributed by atoms with Crippen LogP contribution in [0.3, 0.4) is 0 Å². The highest BCUT2D eigenvalue weighted by Gasteiger charge is 2.41. The van der Waals surface area contributed by atoms with Gasteiger partial charge >= 0.3 is 5.97 Å². The van der Waals surface area contributed by atoms with Crippen molar-refractivity contribution in [2.75, 3.05) is 27.3 Å². The number of fused-ring (bicyclic) bond motifs is 3. The van der Waals surface area contributed by atoms with Crippen LogP contribution in [-0.2, 0) is 16.0 Å². The molecule has 0 saturated carbocycles. The number of nitrogens with zero attached hydrogens (tertiary/aromatic N) is 1. The van der Waals surface area contributed by atoms with E-state index in [1.54, 1.807) is 14.2 Å². The maximum Gasteiger partial charge on any atom is 0.323 e. The summed E-state index contributed by atoms with van der Waals surface area (Å²) in [6, 6.07) is 3.34. The minimum Gasteiger partial charge on any atom is -0.493 e. The number of ether oxygens (including phenoxy) is 3. The molecule has 6 heteroatoms. The molecule has 0 spiro atoms. The molecule has 1 aromatic carbocycles. The summed E-state index contributed by atoms with van der Waals surface area (Å²) in [5, 5.41) is 0. The van der Waals surface area contributed by atoms with Crippen molar-refractivity contribution in [3.63, 3.8) is 0 Å². The van der Waals surface area contributed by atoms with E-state index >= 15 is 0 Å². The topological polar surface area (TPSA) is 74.0 Å². The van der Waals surface area contributed by atoms with E-state index in [9.17, 15) is 6.17 Å². The summed E-state index contributed by atoms with van der Waals surface area (Å²) in [4.78, 5) is 15.2. The minimum absolute atomic E-state index is 0.00690. The number of rotatable bonds is 7. The number of carbonyl (C=O) groups excluding carboxylic acids is 1. The number of benzene rings is 1. The average molecular weight is 420 g/mol. The summed E-state index contributed by atoms with van der Waals surface area (Å²) in [5.74, 6) is 1.23. The van der Waals surface area contributed by atoms with Gasteiger partial charge in [-0.2, -0.15) is 0 Å². The second-order valence-electron chi connectivity index (χ2n) is 9.35. The predicted octanol–water partition coefficient (Wildman–Crippen LogP) is 3.56. The molecular formula is C24H38N2O4. The third kappa shape index (κ3) is 4.75. The number of hydrogen-bond acceptors (Lipinski definition) is 6. The Morgan fingerprint density at radius 1 is 1.23 bits per heavy atom. The molecule has 2 heterocycles. The van der Waals surface area contributed by atoms with Gasteiger partial charge in [-0.15, -0.1) is 0 Å². The van der Waals surface area contributed by atoms with Crippen LogP contribution in [0.5, 0.6) is 11.5 Å². The molecular weight excluding hydrogens is 380 g/mol.